The smallest absolute Gasteiger partial charge is 0.0873 e. The Morgan fingerprint density at radius 2 is 2.14 bits per heavy atom. The molecule has 2 bridgehead atoms. The van der Waals surface area contributed by atoms with Gasteiger partial charge in [0.15, 0.2) is 0 Å². The van der Waals surface area contributed by atoms with Crippen LogP contribution in [0.1, 0.15) is 57.9 Å². The lowest BCUT2D eigenvalue weighted by Crippen LogP contribution is -2.31. The van der Waals surface area contributed by atoms with E-state index in [0.717, 1.165) is 17.1 Å². The number of ether oxygens (including phenoxy) is 1. The summed E-state index contributed by atoms with van der Waals surface area (Å²) in [6.07, 6.45) is 10.2. The largest absolute Gasteiger partial charge is 0.501 e. The maximum Gasteiger partial charge on any atom is 0.0873 e. The van der Waals surface area contributed by atoms with Crippen LogP contribution >= 0.6 is 11.8 Å². The number of allylic oxidation sites excluding steroid dienone is 1. The molecular weight excluding hydrogens is 288 g/mol. The predicted molar refractivity (Wildman–Crippen MR) is 97.0 cm³/mol. The van der Waals surface area contributed by atoms with Crippen molar-refractivity contribution in [1.82, 2.24) is 0 Å². The molecule has 0 spiro atoms. The summed E-state index contributed by atoms with van der Waals surface area (Å²) in [4.78, 5) is 0. The summed E-state index contributed by atoms with van der Waals surface area (Å²) < 4.78 is 5.81. The fourth-order valence-corrected chi connectivity index (χ4v) is 6.27. The second-order valence-corrected chi connectivity index (χ2v) is 8.39. The van der Waals surface area contributed by atoms with Crippen molar-refractivity contribution in [2.75, 3.05) is 6.61 Å². The molecule has 2 saturated heterocycles. The molecule has 0 N–H and O–H groups in total. The first-order chi connectivity index (χ1) is 10.7. The molecule has 3 atom stereocenters. The van der Waals surface area contributed by atoms with Crippen LogP contribution in [0, 0.1) is 5.41 Å². The van der Waals surface area contributed by atoms with Crippen LogP contribution in [0.3, 0.4) is 0 Å². The number of fused-ring (bicyclic) bond motifs is 2. The number of hydrogen-bond acceptors (Lipinski definition) is 2. The van der Waals surface area contributed by atoms with Gasteiger partial charge in [0.05, 0.1) is 12.9 Å². The van der Waals surface area contributed by atoms with Crippen LogP contribution in [0.25, 0.3) is 5.57 Å². The fourth-order valence-electron chi connectivity index (χ4n) is 4.16. The van der Waals surface area contributed by atoms with E-state index < -0.39 is 0 Å². The zero-order valence-electron chi connectivity index (χ0n) is 13.9. The van der Waals surface area contributed by atoms with Crippen LogP contribution in [-0.4, -0.2) is 17.1 Å². The normalized spacial score (nSPS) is 30.7. The maximum atomic E-state index is 5.81. The van der Waals surface area contributed by atoms with Gasteiger partial charge in [-0.05, 0) is 62.0 Å². The summed E-state index contributed by atoms with van der Waals surface area (Å²) in [5.41, 5.74) is 3.08. The highest BCUT2D eigenvalue weighted by atomic mass is 32.2. The Hall–Kier alpha value is -0.890. The van der Waals surface area contributed by atoms with Crippen molar-refractivity contribution in [3.63, 3.8) is 0 Å². The first kappa shape index (κ1) is 16.0. The molecule has 0 saturated carbocycles. The molecule has 1 aromatic rings. The Labute approximate surface area is 139 Å². The van der Waals surface area contributed by atoms with Gasteiger partial charge >= 0.3 is 0 Å². The highest BCUT2D eigenvalue weighted by Gasteiger charge is 2.49. The molecule has 1 aromatic carbocycles. The Morgan fingerprint density at radius 3 is 2.77 bits per heavy atom. The lowest BCUT2D eigenvalue weighted by Gasteiger charge is -2.36. The van der Waals surface area contributed by atoms with Crippen LogP contribution in [0.5, 0.6) is 0 Å². The van der Waals surface area contributed by atoms with Gasteiger partial charge in [0.1, 0.15) is 0 Å². The van der Waals surface area contributed by atoms with E-state index >= 15 is 0 Å². The van der Waals surface area contributed by atoms with Crippen molar-refractivity contribution in [2.45, 2.75) is 62.9 Å². The van der Waals surface area contributed by atoms with Crippen molar-refractivity contribution in [2.24, 2.45) is 5.41 Å². The quantitative estimate of drug-likeness (QED) is 0.457. The van der Waals surface area contributed by atoms with Crippen LogP contribution in [0.4, 0.5) is 0 Å². The van der Waals surface area contributed by atoms with Crippen LogP contribution in [0.15, 0.2) is 36.6 Å². The predicted octanol–water partition coefficient (Wildman–Crippen LogP) is 5.91. The maximum absolute atomic E-state index is 5.81. The van der Waals surface area contributed by atoms with Gasteiger partial charge in [-0.25, -0.2) is 0 Å². The second kappa shape index (κ2) is 7.12. The average Bonchev–Trinajstić information content (AvgIpc) is 3.16. The van der Waals surface area contributed by atoms with E-state index in [1.165, 1.54) is 49.7 Å². The van der Waals surface area contributed by atoms with Gasteiger partial charge < -0.3 is 4.74 Å². The van der Waals surface area contributed by atoms with E-state index in [2.05, 4.69) is 55.9 Å². The average molecular weight is 317 g/mol. The van der Waals surface area contributed by atoms with Gasteiger partial charge in [-0.1, -0.05) is 37.3 Å². The number of thioether (sulfide) groups is 1. The monoisotopic (exact) mass is 316 g/mol. The van der Waals surface area contributed by atoms with Crippen molar-refractivity contribution in [1.29, 1.82) is 0 Å². The Balaban J connectivity index is 1.44. The molecule has 2 aliphatic heterocycles. The van der Waals surface area contributed by atoms with E-state index in [1.807, 2.05) is 6.26 Å². The zero-order chi connectivity index (χ0) is 15.4. The summed E-state index contributed by atoms with van der Waals surface area (Å²) in [6.45, 7) is 5.37. The molecule has 0 aliphatic carbocycles. The molecule has 1 nitrogen and oxygen atoms in total. The topological polar surface area (TPSA) is 9.23 Å². The molecule has 3 unspecified atom stereocenters. The second-order valence-electron chi connectivity index (χ2n) is 6.89. The summed E-state index contributed by atoms with van der Waals surface area (Å²) in [5.74, 6) is 0. The molecule has 3 rings (SSSR count). The Kier molecular flexibility index (Phi) is 5.18. The Bertz CT molecular complexity index is 510. The summed E-state index contributed by atoms with van der Waals surface area (Å²) >= 11 is 2.28. The third kappa shape index (κ3) is 3.37. The molecule has 0 radical (unpaired) electrons. The van der Waals surface area contributed by atoms with Crippen LogP contribution in [0.2, 0.25) is 0 Å². The molecular formula is C20H28OS. The van der Waals surface area contributed by atoms with Crippen LogP contribution < -0.4 is 0 Å². The summed E-state index contributed by atoms with van der Waals surface area (Å²) in [6, 6.07) is 10.5. The minimum absolute atomic E-state index is 0.620. The fraction of sp³-hybridized carbons (Fsp3) is 0.600. The number of benzene rings is 1. The van der Waals surface area contributed by atoms with Crippen molar-refractivity contribution in [3.05, 3.63) is 42.2 Å². The van der Waals surface area contributed by atoms with E-state index in [1.54, 1.807) is 0 Å². The molecule has 22 heavy (non-hydrogen) atoms. The SMILES string of the molecule is CCC1(CCCO/C=C(/C)c2ccccc2)CC2CCC1S2. The minimum atomic E-state index is 0.620. The third-order valence-corrected chi connectivity index (χ3v) is 7.41. The van der Waals surface area contributed by atoms with Gasteiger partial charge in [-0.15, -0.1) is 0 Å². The zero-order valence-corrected chi connectivity index (χ0v) is 14.7. The molecule has 2 aliphatic rings. The van der Waals surface area contributed by atoms with Gasteiger partial charge in [-0.3, -0.25) is 0 Å². The lowest BCUT2D eigenvalue weighted by atomic mass is 9.69. The van der Waals surface area contributed by atoms with E-state index in [4.69, 9.17) is 4.74 Å². The van der Waals surface area contributed by atoms with Gasteiger partial charge in [-0.2, -0.15) is 11.8 Å². The minimum Gasteiger partial charge on any atom is -0.501 e. The standard InChI is InChI=1S/C20H28OS/c1-3-20(14-18-10-11-19(20)22-18)12-7-13-21-15-16(2)17-8-5-4-6-9-17/h4-6,8-9,15,18-19H,3,7,10-14H2,1-2H3/b16-15-. The first-order valence-electron chi connectivity index (χ1n) is 8.73. The van der Waals surface area contributed by atoms with Crippen molar-refractivity contribution >= 4 is 17.3 Å². The molecule has 2 fully saturated rings. The van der Waals surface area contributed by atoms with Gasteiger partial charge in [0.25, 0.3) is 0 Å². The highest BCUT2D eigenvalue weighted by Crippen LogP contribution is 2.59. The molecule has 120 valence electrons. The number of rotatable bonds is 7. The molecule has 2 heterocycles. The summed E-state index contributed by atoms with van der Waals surface area (Å²) in [7, 11) is 0. The lowest BCUT2D eigenvalue weighted by molar-refractivity contribution is 0.165. The van der Waals surface area contributed by atoms with Gasteiger partial charge in [0, 0.05) is 10.5 Å². The highest BCUT2D eigenvalue weighted by molar-refractivity contribution is 8.01. The van der Waals surface area contributed by atoms with E-state index in [9.17, 15) is 0 Å². The number of hydrogen-bond donors (Lipinski definition) is 0. The molecule has 0 amide bonds. The molecule has 2 heteroatoms. The molecule has 0 aromatic heterocycles. The van der Waals surface area contributed by atoms with E-state index in [-0.39, 0.29) is 0 Å². The van der Waals surface area contributed by atoms with E-state index in [0.29, 0.717) is 5.41 Å². The Morgan fingerprint density at radius 1 is 1.32 bits per heavy atom. The van der Waals surface area contributed by atoms with Gasteiger partial charge in [0.2, 0.25) is 0 Å². The first-order valence-corrected chi connectivity index (χ1v) is 9.67. The third-order valence-electron chi connectivity index (χ3n) is 5.55. The van der Waals surface area contributed by atoms with Crippen LogP contribution in [-0.2, 0) is 4.74 Å². The van der Waals surface area contributed by atoms with Crippen molar-refractivity contribution < 1.29 is 4.74 Å². The van der Waals surface area contributed by atoms with Crippen molar-refractivity contribution in [3.8, 4) is 0 Å². The summed E-state index contributed by atoms with van der Waals surface area (Å²) in [5, 5.41) is 1.90.